The lowest BCUT2D eigenvalue weighted by atomic mass is 9.91. The Balaban J connectivity index is 2.64. The summed E-state index contributed by atoms with van der Waals surface area (Å²) in [5.41, 5.74) is 1.62. The van der Waals surface area contributed by atoms with E-state index in [9.17, 15) is 0 Å². The van der Waals surface area contributed by atoms with Crippen LogP contribution in [0.3, 0.4) is 0 Å². The van der Waals surface area contributed by atoms with E-state index in [4.69, 9.17) is 4.42 Å². The summed E-state index contributed by atoms with van der Waals surface area (Å²) in [6, 6.07) is 2.16. The normalized spacial score (nSPS) is 12.0. The third-order valence-electron chi connectivity index (χ3n) is 1.82. The number of furan rings is 1. The molecule has 0 saturated heterocycles. The first-order chi connectivity index (χ1) is 5.51. The second-order valence-corrected chi connectivity index (χ2v) is 4.51. The van der Waals surface area contributed by atoms with Gasteiger partial charge in [0.25, 0.3) is 0 Å². The van der Waals surface area contributed by atoms with Gasteiger partial charge in [0.1, 0.15) is 5.76 Å². The lowest BCUT2D eigenvalue weighted by molar-refractivity contribution is 0.363. The predicted octanol–water partition coefficient (Wildman–Crippen LogP) is 3.43. The smallest absolute Gasteiger partial charge is 0.104 e. The van der Waals surface area contributed by atoms with Crippen molar-refractivity contribution in [2.75, 3.05) is 0 Å². The molecule has 0 saturated carbocycles. The van der Waals surface area contributed by atoms with Crippen molar-refractivity contribution in [3.63, 3.8) is 0 Å². The van der Waals surface area contributed by atoms with Crippen molar-refractivity contribution in [2.45, 2.75) is 40.5 Å². The van der Waals surface area contributed by atoms with Gasteiger partial charge < -0.3 is 4.42 Å². The summed E-state index contributed by atoms with van der Waals surface area (Å²) in [7, 11) is 0. The minimum absolute atomic E-state index is 0.322. The van der Waals surface area contributed by atoms with Crippen molar-refractivity contribution >= 4 is 0 Å². The molecule has 1 aromatic heterocycles. The quantitative estimate of drug-likeness (QED) is 0.656. The van der Waals surface area contributed by atoms with Crippen LogP contribution in [-0.4, -0.2) is 0 Å². The fourth-order valence-corrected chi connectivity index (χ4v) is 1.23. The van der Waals surface area contributed by atoms with Crippen molar-refractivity contribution in [3.8, 4) is 0 Å². The lowest BCUT2D eigenvalue weighted by Gasteiger charge is -2.15. The highest BCUT2D eigenvalue weighted by Gasteiger charge is 2.13. The summed E-state index contributed by atoms with van der Waals surface area (Å²) in [5, 5.41) is 0. The monoisotopic (exact) mass is 166 g/mol. The molecule has 1 heteroatoms. The predicted molar refractivity (Wildman–Crippen MR) is 51.2 cm³/mol. The highest BCUT2D eigenvalue weighted by atomic mass is 16.3. The van der Waals surface area contributed by atoms with Gasteiger partial charge in [-0.1, -0.05) is 27.7 Å². The lowest BCUT2D eigenvalue weighted by Crippen LogP contribution is -2.08. The van der Waals surface area contributed by atoms with Crippen LogP contribution in [0.4, 0.5) is 0 Å². The SMILES string of the molecule is CCc1coc(CC(C)(C)C)c1. The highest BCUT2D eigenvalue weighted by molar-refractivity contribution is 5.13. The summed E-state index contributed by atoms with van der Waals surface area (Å²) >= 11 is 0. The molecular weight excluding hydrogens is 148 g/mol. The summed E-state index contributed by atoms with van der Waals surface area (Å²) in [5.74, 6) is 1.11. The molecular formula is C11H18O. The third-order valence-corrected chi connectivity index (χ3v) is 1.82. The largest absolute Gasteiger partial charge is 0.469 e. The zero-order chi connectivity index (χ0) is 9.19. The molecule has 0 atom stereocenters. The molecule has 0 bridgehead atoms. The van der Waals surface area contributed by atoms with Crippen LogP contribution < -0.4 is 0 Å². The fourth-order valence-electron chi connectivity index (χ4n) is 1.23. The van der Waals surface area contributed by atoms with Crippen LogP contribution in [0.25, 0.3) is 0 Å². The Morgan fingerprint density at radius 1 is 1.33 bits per heavy atom. The van der Waals surface area contributed by atoms with Crippen molar-refractivity contribution in [3.05, 3.63) is 23.7 Å². The van der Waals surface area contributed by atoms with Crippen LogP contribution >= 0.6 is 0 Å². The first-order valence-corrected chi connectivity index (χ1v) is 4.57. The van der Waals surface area contributed by atoms with E-state index in [1.54, 1.807) is 0 Å². The Morgan fingerprint density at radius 2 is 2.00 bits per heavy atom. The molecule has 0 aliphatic rings. The molecule has 1 aromatic rings. The molecule has 68 valence electrons. The Labute approximate surface area is 74.8 Å². The van der Waals surface area contributed by atoms with E-state index >= 15 is 0 Å². The fraction of sp³-hybridized carbons (Fsp3) is 0.636. The van der Waals surface area contributed by atoms with E-state index in [-0.39, 0.29) is 0 Å². The second kappa shape index (κ2) is 3.34. The topological polar surface area (TPSA) is 13.1 Å². The van der Waals surface area contributed by atoms with E-state index in [0.29, 0.717) is 5.41 Å². The number of rotatable bonds is 2. The minimum Gasteiger partial charge on any atom is -0.469 e. The van der Waals surface area contributed by atoms with Gasteiger partial charge in [-0.25, -0.2) is 0 Å². The third kappa shape index (κ3) is 2.72. The van der Waals surface area contributed by atoms with Crippen LogP contribution in [0.1, 0.15) is 39.0 Å². The van der Waals surface area contributed by atoms with E-state index in [2.05, 4.69) is 33.8 Å². The van der Waals surface area contributed by atoms with Crippen LogP contribution in [0.2, 0.25) is 0 Å². The molecule has 1 nitrogen and oxygen atoms in total. The van der Waals surface area contributed by atoms with Crippen molar-refractivity contribution < 1.29 is 4.42 Å². The summed E-state index contributed by atoms with van der Waals surface area (Å²) in [4.78, 5) is 0. The number of aryl methyl sites for hydroxylation is 1. The van der Waals surface area contributed by atoms with E-state index in [1.807, 2.05) is 6.26 Å². The highest BCUT2D eigenvalue weighted by Crippen LogP contribution is 2.21. The summed E-state index contributed by atoms with van der Waals surface area (Å²) < 4.78 is 5.43. The van der Waals surface area contributed by atoms with Crippen molar-refractivity contribution in [2.24, 2.45) is 5.41 Å². The van der Waals surface area contributed by atoms with Gasteiger partial charge in [-0.15, -0.1) is 0 Å². The Bertz CT molecular complexity index is 240. The van der Waals surface area contributed by atoms with Crippen LogP contribution in [0, 0.1) is 5.41 Å². The first kappa shape index (κ1) is 9.37. The Morgan fingerprint density at radius 3 is 2.42 bits per heavy atom. The molecule has 1 rings (SSSR count). The van der Waals surface area contributed by atoms with Gasteiger partial charge in [-0.3, -0.25) is 0 Å². The maximum absolute atomic E-state index is 5.43. The van der Waals surface area contributed by atoms with Gasteiger partial charge in [-0.05, 0) is 23.5 Å². The average Bonchev–Trinajstić information content (AvgIpc) is 2.32. The number of hydrogen-bond donors (Lipinski definition) is 0. The Hall–Kier alpha value is -0.720. The van der Waals surface area contributed by atoms with Gasteiger partial charge in [0.15, 0.2) is 0 Å². The van der Waals surface area contributed by atoms with Crippen LogP contribution in [0.5, 0.6) is 0 Å². The second-order valence-electron chi connectivity index (χ2n) is 4.51. The van der Waals surface area contributed by atoms with E-state index in [0.717, 1.165) is 18.6 Å². The summed E-state index contributed by atoms with van der Waals surface area (Å²) in [6.07, 6.45) is 3.95. The van der Waals surface area contributed by atoms with E-state index < -0.39 is 0 Å². The van der Waals surface area contributed by atoms with Crippen molar-refractivity contribution in [1.29, 1.82) is 0 Å². The van der Waals surface area contributed by atoms with Gasteiger partial charge in [0, 0.05) is 6.42 Å². The molecule has 0 spiro atoms. The maximum Gasteiger partial charge on any atom is 0.104 e. The van der Waals surface area contributed by atoms with Crippen molar-refractivity contribution in [1.82, 2.24) is 0 Å². The van der Waals surface area contributed by atoms with Gasteiger partial charge in [0.05, 0.1) is 6.26 Å². The van der Waals surface area contributed by atoms with Gasteiger partial charge >= 0.3 is 0 Å². The van der Waals surface area contributed by atoms with Gasteiger partial charge in [0.2, 0.25) is 0 Å². The molecule has 0 amide bonds. The van der Waals surface area contributed by atoms with Crippen LogP contribution in [-0.2, 0) is 12.8 Å². The van der Waals surface area contributed by atoms with Crippen LogP contribution in [0.15, 0.2) is 16.7 Å². The van der Waals surface area contributed by atoms with E-state index in [1.165, 1.54) is 5.56 Å². The minimum atomic E-state index is 0.322. The first-order valence-electron chi connectivity index (χ1n) is 4.57. The zero-order valence-corrected chi connectivity index (χ0v) is 8.48. The molecule has 1 heterocycles. The molecule has 0 aromatic carbocycles. The molecule has 0 N–H and O–H groups in total. The number of hydrogen-bond acceptors (Lipinski definition) is 1. The average molecular weight is 166 g/mol. The molecule has 0 aliphatic carbocycles. The Kier molecular flexibility index (Phi) is 2.61. The van der Waals surface area contributed by atoms with Gasteiger partial charge in [-0.2, -0.15) is 0 Å². The molecule has 0 radical (unpaired) electrons. The zero-order valence-electron chi connectivity index (χ0n) is 8.48. The molecule has 0 fully saturated rings. The molecule has 0 unspecified atom stereocenters. The molecule has 0 aliphatic heterocycles. The standard InChI is InChI=1S/C11H18O/c1-5-9-6-10(12-8-9)7-11(2,3)4/h6,8H,5,7H2,1-4H3. The maximum atomic E-state index is 5.43. The summed E-state index contributed by atoms with van der Waals surface area (Å²) in [6.45, 7) is 8.81. The molecule has 12 heavy (non-hydrogen) atoms.